The van der Waals surface area contributed by atoms with Crippen LogP contribution in [0.3, 0.4) is 0 Å². The second kappa shape index (κ2) is 12.8. The molecule has 0 aliphatic carbocycles. The van der Waals surface area contributed by atoms with E-state index in [0.717, 1.165) is 5.56 Å². The van der Waals surface area contributed by atoms with Crippen LogP contribution in [0.5, 0.6) is 0 Å². The lowest BCUT2D eigenvalue weighted by Gasteiger charge is -2.22. The molecular weight excluding hydrogens is 532 g/mol. The minimum atomic E-state index is -3.83. The summed E-state index contributed by atoms with van der Waals surface area (Å²) in [5, 5.41) is 10.3. The molecule has 0 bridgehead atoms. The summed E-state index contributed by atoms with van der Waals surface area (Å²) in [6.45, 7) is 2.14. The van der Waals surface area contributed by atoms with Gasteiger partial charge in [-0.25, -0.2) is 23.2 Å². The van der Waals surface area contributed by atoms with Gasteiger partial charge in [0, 0.05) is 54.3 Å². The zero-order chi connectivity index (χ0) is 28.7. The molecule has 11 nitrogen and oxygen atoms in total. The first-order chi connectivity index (χ1) is 19.2. The van der Waals surface area contributed by atoms with Crippen LogP contribution in [0.2, 0.25) is 0 Å². The van der Waals surface area contributed by atoms with Crippen molar-refractivity contribution in [2.24, 2.45) is 10.7 Å². The largest absolute Gasteiger partial charge is 0.399 e. The van der Waals surface area contributed by atoms with Crippen LogP contribution in [-0.4, -0.2) is 55.0 Å². The Morgan fingerprint density at radius 3 is 2.60 bits per heavy atom. The first kappa shape index (κ1) is 28.9. The van der Waals surface area contributed by atoms with Crippen LogP contribution in [-0.2, 0) is 26.3 Å². The number of anilines is 1. The Labute approximate surface area is 233 Å². The van der Waals surface area contributed by atoms with Crippen molar-refractivity contribution in [2.45, 2.75) is 31.3 Å². The van der Waals surface area contributed by atoms with E-state index in [4.69, 9.17) is 21.4 Å². The summed E-state index contributed by atoms with van der Waals surface area (Å²) < 4.78 is 27.3. The molecular formula is C28H32N6O5S. The number of amides is 1. The van der Waals surface area contributed by atoms with Gasteiger partial charge >= 0.3 is 0 Å². The fourth-order valence-corrected chi connectivity index (χ4v) is 5.06. The number of fused-ring (bicyclic) bond motifs is 1. The highest BCUT2D eigenvalue weighted by atomic mass is 32.2. The Morgan fingerprint density at radius 1 is 1.10 bits per heavy atom. The minimum Gasteiger partial charge on any atom is -0.399 e. The van der Waals surface area contributed by atoms with Crippen molar-refractivity contribution in [3.05, 3.63) is 77.6 Å². The summed E-state index contributed by atoms with van der Waals surface area (Å²) in [7, 11) is -3.83. The summed E-state index contributed by atoms with van der Waals surface area (Å²) in [5.41, 5.74) is 16.4. The van der Waals surface area contributed by atoms with Gasteiger partial charge in [-0.3, -0.25) is 14.6 Å². The van der Waals surface area contributed by atoms with Crippen molar-refractivity contribution in [3.8, 4) is 11.1 Å². The number of aliphatic hydroxyl groups is 1. The summed E-state index contributed by atoms with van der Waals surface area (Å²) in [5.74, 6) is -0.0435. The lowest BCUT2D eigenvalue weighted by molar-refractivity contribution is -0.187. The highest BCUT2D eigenvalue weighted by Gasteiger charge is 2.23. The monoisotopic (exact) mass is 564 g/mol. The molecule has 0 saturated carbocycles. The SMILES string of the molecule is CCCN(OCc1ccc(N)cc1)C(=O)C1=Cc2ccc(-c3cncc(S(=O)(=O)NCCO)c3)cc2N=C(N)C1. The molecule has 0 atom stereocenters. The van der Waals surface area contributed by atoms with Gasteiger partial charge < -0.3 is 16.6 Å². The molecule has 2 heterocycles. The maximum atomic E-state index is 13.5. The number of benzene rings is 2. The van der Waals surface area contributed by atoms with Gasteiger partial charge in [-0.15, -0.1) is 0 Å². The Morgan fingerprint density at radius 2 is 1.88 bits per heavy atom. The minimum absolute atomic E-state index is 0.0285. The number of carbonyl (C=O) groups is 1. The quantitative estimate of drug-likeness (QED) is 0.203. The van der Waals surface area contributed by atoms with Crippen LogP contribution in [0.15, 0.2) is 76.4 Å². The Balaban J connectivity index is 1.59. The fourth-order valence-electron chi connectivity index (χ4n) is 4.05. The highest BCUT2D eigenvalue weighted by Crippen LogP contribution is 2.32. The van der Waals surface area contributed by atoms with Gasteiger partial charge in [-0.1, -0.05) is 31.2 Å². The van der Waals surface area contributed by atoms with E-state index in [1.807, 2.05) is 19.1 Å². The van der Waals surface area contributed by atoms with Gasteiger partial charge in [-0.05, 0) is 47.9 Å². The number of amidine groups is 1. The number of nitrogens with zero attached hydrogens (tertiary/aromatic N) is 3. The van der Waals surface area contributed by atoms with Crippen LogP contribution in [0.25, 0.3) is 17.2 Å². The summed E-state index contributed by atoms with van der Waals surface area (Å²) in [6.07, 6.45) is 5.36. The summed E-state index contributed by atoms with van der Waals surface area (Å²) in [4.78, 5) is 27.9. The molecule has 0 fully saturated rings. The molecule has 1 aromatic heterocycles. The van der Waals surface area contributed by atoms with Crippen LogP contribution in [0, 0.1) is 0 Å². The zero-order valence-corrected chi connectivity index (χ0v) is 22.9. The molecule has 0 spiro atoms. The molecule has 1 aliphatic rings. The predicted molar refractivity (Wildman–Crippen MR) is 153 cm³/mol. The van der Waals surface area contributed by atoms with E-state index in [0.29, 0.717) is 46.6 Å². The van der Waals surface area contributed by atoms with Gasteiger partial charge in [0.05, 0.1) is 12.3 Å². The third-order valence-corrected chi connectivity index (χ3v) is 7.48. The first-order valence-electron chi connectivity index (χ1n) is 12.7. The molecule has 1 aliphatic heterocycles. The maximum Gasteiger partial charge on any atom is 0.273 e. The summed E-state index contributed by atoms with van der Waals surface area (Å²) in [6, 6.07) is 14.1. The standard InChI is InChI=1S/C28H32N6O5S/c1-2-10-34(39-18-19-3-7-24(29)8-4-19)28(36)22-12-21-6-5-20(14-26(21)33-27(30)15-22)23-13-25(17-31-16-23)40(37,38)32-9-11-35/h3-8,12-14,16-17,32,35H,2,9-11,15,18,29H2,1H3,(H2,30,33). The second-order valence-corrected chi connectivity index (χ2v) is 10.9. The number of aliphatic imine (C=N–C) groups is 1. The number of nitrogens with two attached hydrogens (primary N) is 2. The van der Waals surface area contributed by atoms with Crippen molar-refractivity contribution >= 4 is 39.2 Å². The third kappa shape index (κ3) is 7.10. The normalized spacial score (nSPS) is 13.2. The maximum absolute atomic E-state index is 13.5. The molecule has 2 aromatic carbocycles. The average Bonchev–Trinajstić information content (AvgIpc) is 3.12. The van der Waals surface area contributed by atoms with E-state index in [1.165, 1.54) is 17.3 Å². The van der Waals surface area contributed by atoms with Crippen molar-refractivity contribution < 1.29 is 23.2 Å². The molecule has 12 heteroatoms. The number of carbonyl (C=O) groups excluding carboxylic acids is 1. The van der Waals surface area contributed by atoms with Gasteiger partial charge in [-0.2, -0.15) is 0 Å². The smallest absolute Gasteiger partial charge is 0.273 e. The number of nitrogen functional groups attached to an aromatic ring is 1. The van der Waals surface area contributed by atoms with E-state index in [2.05, 4.69) is 14.7 Å². The zero-order valence-electron chi connectivity index (χ0n) is 22.1. The number of hydroxylamine groups is 2. The molecule has 0 saturated heterocycles. The van der Waals surface area contributed by atoms with Crippen LogP contribution < -0.4 is 16.2 Å². The Bertz CT molecular complexity index is 1540. The number of sulfonamides is 1. The highest BCUT2D eigenvalue weighted by molar-refractivity contribution is 7.89. The van der Waals surface area contributed by atoms with Gasteiger partial charge in [0.2, 0.25) is 10.0 Å². The van der Waals surface area contributed by atoms with E-state index in [9.17, 15) is 13.2 Å². The van der Waals surface area contributed by atoms with Gasteiger partial charge in [0.1, 0.15) is 17.3 Å². The van der Waals surface area contributed by atoms with E-state index < -0.39 is 10.0 Å². The second-order valence-electron chi connectivity index (χ2n) is 9.18. The van der Waals surface area contributed by atoms with E-state index >= 15 is 0 Å². The number of aromatic nitrogens is 1. The number of rotatable bonds is 11. The van der Waals surface area contributed by atoms with Crippen LogP contribution in [0.1, 0.15) is 30.9 Å². The van der Waals surface area contributed by atoms with Crippen molar-refractivity contribution in [1.82, 2.24) is 14.8 Å². The van der Waals surface area contributed by atoms with E-state index in [1.54, 1.807) is 42.6 Å². The van der Waals surface area contributed by atoms with Crippen molar-refractivity contribution in [2.75, 3.05) is 25.4 Å². The van der Waals surface area contributed by atoms with Crippen LogP contribution >= 0.6 is 0 Å². The third-order valence-electron chi connectivity index (χ3n) is 6.05. The van der Waals surface area contributed by atoms with Crippen molar-refractivity contribution in [3.63, 3.8) is 0 Å². The average molecular weight is 565 g/mol. The number of pyridine rings is 1. The molecule has 3 aromatic rings. The van der Waals surface area contributed by atoms with Gasteiger partial charge in [0.25, 0.3) is 5.91 Å². The van der Waals surface area contributed by atoms with E-state index in [-0.39, 0.29) is 42.8 Å². The number of nitrogens with one attached hydrogen (secondary N) is 1. The lowest BCUT2D eigenvalue weighted by Crippen LogP contribution is -2.34. The lowest BCUT2D eigenvalue weighted by atomic mass is 10.0. The Kier molecular flexibility index (Phi) is 9.27. The van der Waals surface area contributed by atoms with Crippen LogP contribution in [0.4, 0.5) is 11.4 Å². The summed E-state index contributed by atoms with van der Waals surface area (Å²) >= 11 is 0. The molecule has 4 rings (SSSR count). The first-order valence-corrected chi connectivity index (χ1v) is 14.2. The number of hydrogen-bond acceptors (Lipinski definition) is 9. The fraction of sp³-hybridized carbons (Fsp3) is 0.250. The number of hydrogen-bond donors (Lipinski definition) is 4. The Hall–Kier alpha value is -4.10. The molecule has 6 N–H and O–H groups in total. The predicted octanol–water partition coefficient (Wildman–Crippen LogP) is 2.75. The molecule has 40 heavy (non-hydrogen) atoms. The van der Waals surface area contributed by atoms with Gasteiger partial charge in [0.15, 0.2) is 0 Å². The topological polar surface area (TPSA) is 173 Å². The molecule has 0 radical (unpaired) electrons. The number of aliphatic hydroxyl groups excluding tert-OH is 1. The van der Waals surface area contributed by atoms with Crippen molar-refractivity contribution in [1.29, 1.82) is 0 Å². The molecule has 210 valence electrons. The molecule has 1 amide bonds. The molecule has 0 unspecified atom stereocenters.